The molecule has 0 spiro atoms. The van der Waals surface area contributed by atoms with Gasteiger partial charge in [0.25, 0.3) is 0 Å². The molecule has 0 saturated carbocycles. The van der Waals surface area contributed by atoms with Crippen molar-refractivity contribution in [3.8, 4) is 5.75 Å². The second kappa shape index (κ2) is 5.25. The third-order valence-corrected chi connectivity index (χ3v) is 2.44. The lowest BCUT2D eigenvalue weighted by Crippen LogP contribution is -2.12. The number of rotatable bonds is 4. The summed E-state index contributed by atoms with van der Waals surface area (Å²) in [6, 6.07) is 2.09. The Balaban J connectivity index is 2.79. The normalized spacial score (nSPS) is 11.3. The fourth-order valence-corrected chi connectivity index (χ4v) is 1.33. The van der Waals surface area contributed by atoms with E-state index in [9.17, 15) is 9.18 Å². The van der Waals surface area contributed by atoms with Crippen LogP contribution in [0.15, 0.2) is 12.1 Å². The van der Waals surface area contributed by atoms with Crippen molar-refractivity contribution in [3.05, 3.63) is 23.5 Å². The summed E-state index contributed by atoms with van der Waals surface area (Å²) in [6.07, 6.45) is 0.786. The third kappa shape index (κ3) is 3.91. The molecule has 4 nitrogen and oxygen atoms in total. The van der Waals surface area contributed by atoms with Gasteiger partial charge < -0.3 is 15.6 Å². The molecule has 0 atom stereocenters. The number of aromatic carboxylic acids is 1. The van der Waals surface area contributed by atoms with Crippen LogP contribution in [0.25, 0.3) is 0 Å². The zero-order chi connectivity index (χ0) is 13.9. The summed E-state index contributed by atoms with van der Waals surface area (Å²) in [5.74, 6) is -2.01. The monoisotopic (exact) mass is 255 g/mol. The minimum absolute atomic E-state index is 0.105. The van der Waals surface area contributed by atoms with E-state index in [0.717, 1.165) is 18.6 Å². The molecule has 1 rings (SSSR count). The first-order valence-corrected chi connectivity index (χ1v) is 5.66. The van der Waals surface area contributed by atoms with E-state index in [1.165, 1.54) is 0 Å². The molecular weight excluding hydrogens is 237 g/mol. The summed E-state index contributed by atoms with van der Waals surface area (Å²) < 4.78 is 18.8. The predicted molar refractivity (Wildman–Crippen MR) is 67.3 cm³/mol. The van der Waals surface area contributed by atoms with Crippen LogP contribution in [-0.4, -0.2) is 17.7 Å². The van der Waals surface area contributed by atoms with Gasteiger partial charge in [-0.1, -0.05) is 20.8 Å². The number of carboxylic acids is 1. The van der Waals surface area contributed by atoms with Gasteiger partial charge in [-0.25, -0.2) is 9.18 Å². The van der Waals surface area contributed by atoms with E-state index in [2.05, 4.69) is 20.8 Å². The number of hydrogen-bond acceptors (Lipinski definition) is 3. The van der Waals surface area contributed by atoms with E-state index in [-0.39, 0.29) is 16.9 Å². The molecule has 100 valence electrons. The number of benzene rings is 1. The highest BCUT2D eigenvalue weighted by Gasteiger charge is 2.15. The summed E-state index contributed by atoms with van der Waals surface area (Å²) >= 11 is 0. The molecular formula is C13H18FNO3. The van der Waals surface area contributed by atoms with Crippen LogP contribution in [-0.2, 0) is 0 Å². The predicted octanol–water partition coefficient (Wildman–Crippen LogP) is 2.92. The van der Waals surface area contributed by atoms with E-state index in [4.69, 9.17) is 15.6 Å². The van der Waals surface area contributed by atoms with Crippen molar-refractivity contribution >= 4 is 11.7 Å². The molecule has 1 aromatic carbocycles. The van der Waals surface area contributed by atoms with Crippen molar-refractivity contribution in [2.24, 2.45) is 5.41 Å². The van der Waals surface area contributed by atoms with Crippen molar-refractivity contribution in [3.63, 3.8) is 0 Å². The highest BCUT2D eigenvalue weighted by molar-refractivity contribution is 5.89. The second-order valence-corrected chi connectivity index (χ2v) is 5.33. The number of nitrogens with two attached hydrogens (primary N) is 1. The van der Waals surface area contributed by atoms with Crippen LogP contribution in [0.5, 0.6) is 5.75 Å². The van der Waals surface area contributed by atoms with Gasteiger partial charge in [-0.05, 0) is 17.9 Å². The average Bonchev–Trinajstić information content (AvgIpc) is 2.20. The maximum absolute atomic E-state index is 13.4. The summed E-state index contributed by atoms with van der Waals surface area (Å²) in [5.41, 5.74) is 5.41. The van der Waals surface area contributed by atoms with Gasteiger partial charge in [0, 0.05) is 6.07 Å². The second-order valence-electron chi connectivity index (χ2n) is 5.33. The Hall–Kier alpha value is -1.78. The topological polar surface area (TPSA) is 72.5 Å². The zero-order valence-electron chi connectivity index (χ0n) is 10.8. The number of hydrogen-bond donors (Lipinski definition) is 2. The van der Waals surface area contributed by atoms with Crippen molar-refractivity contribution in [2.45, 2.75) is 27.2 Å². The van der Waals surface area contributed by atoms with Crippen LogP contribution in [0.1, 0.15) is 37.6 Å². The number of ether oxygens (including phenoxy) is 1. The molecule has 0 aliphatic heterocycles. The number of halogens is 1. The molecule has 0 fully saturated rings. The molecule has 0 heterocycles. The highest BCUT2D eigenvalue weighted by Crippen LogP contribution is 2.27. The molecule has 3 N–H and O–H groups in total. The van der Waals surface area contributed by atoms with Crippen molar-refractivity contribution in [1.82, 2.24) is 0 Å². The number of anilines is 1. The van der Waals surface area contributed by atoms with Gasteiger partial charge in [0.2, 0.25) is 0 Å². The minimum atomic E-state index is -1.35. The molecule has 0 bridgehead atoms. The molecule has 0 amide bonds. The summed E-state index contributed by atoms with van der Waals surface area (Å²) in [4.78, 5) is 10.7. The van der Waals surface area contributed by atoms with Crippen molar-refractivity contribution < 1.29 is 19.0 Å². The standard InChI is InChI=1S/C13H18FNO3/c1-13(2,3)4-5-18-11-7-9(14)8(12(16)17)6-10(11)15/h6-7H,4-5,15H2,1-3H3,(H,16,17). The molecule has 0 unspecified atom stereocenters. The van der Waals surface area contributed by atoms with E-state index >= 15 is 0 Å². The van der Waals surface area contributed by atoms with E-state index in [1.54, 1.807) is 0 Å². The fourth-order valence-electron chi connectivity index (χ4n) is 1.33. The van der Waals surface area contributed by atoms with Gasteiger partial charge in [-0.15, -0.1) is 0 Å². The molecule has 0 aliphatic rings. The molecule has 18 heavy (non-hydrogen) atoms. The Kier molecular flexibility index (Phi) is 4.16. The molecule has 5 heteroatoms. The number of carboxylic acid groups (broad SMARTS) is 1. The SMILES string of the molecule is CC(C)(C)CCOc1cc(F)c(C(=O)O)cc1N. The van der Waals surface area contributed by atoms with Gasteiger partial charge in [0.05, 0.1) is 17.9 Å². The van der Waals surface area contributed by atoms with Crippen molar-refractivity contribution in [1.29, 1.82) is 0 Å². The maximum Gasteiger partial charge on any atom is 0.338 e. The van der Waals surface area contributed by atoms with Crippen LogP contribution < -0.4 is 10.5 Å². The van der Waals surface area contributed by atoms with Gasteiger partial charge in [0.15, 0.2) is 0 Å². The van der Waals surface area contributed by atoms with Crippen LogP contribution in [0.2, 0.25) is 0 Å². The molecule has 1 aromatic rings. The number of carbonyl (C=O) groups is 1. The summed E-state index contributed by atoms with van der Waals surface area (Å²) in [7, 11) is 0. The van der Waals surface area contributed by atoms with E-state index in [1.807, 2.05) is 0 Å². The molecule has 0 saturated heterocycles. The molecule has 0 radical (unpaired) electrons. The lowest BCUT2D eigenvalue weighted by atomic mass is 9.93. The summed E-state index contributed by atoms with van der Waals surface area (Å²) in [6.45, 7) is 6.59. The summed E-state index contributed by atoms with van der Waals surface area (Å²) in [5, 5.41) is 8.73. The lowest BCUT2D eigenvalue weighted by Gasteiger charge is -2.18. The smallest absolute Gasteiger partial charge is 0.338 e. The first-order valence-electron chi connectivity index (χ1n) is 5.66. The van der Waals surface area contributed by atoms with Crippen molar-refractivity contribution in [2.75, 3.05) is 12.3 Å². The van der Waals surface area contributed by atoms with Gasteiger partial charge >= 0.3 is 5.97 Å². The minimum Gasteiger partial charge on any atom is -0.491 e. The fraction of sp³-hybridized carbons (Fsp3) is 0.462. The lowest BCUT2D eigenvalue weighted by molar-refractivity contribution is 0.0692. The number of nitrogen functional groups attached to an aromatic ring is 1. The first-order chi connectivity index (χ1) is 8.20. The largest absolute Gasteiger partial charge is 0.491 e. The van der Waals surface area contributed by atoms with E-state index < -0.39 is 17.3 Å². The molecule has 0 aliphatic carbocycles. The van der Waals surface area contributed by atoms with E-state index in [0.29, 0.717) is 6.61 Å². The van der Waals surface area contributed by atoms with Gasteiger partial charge in [-0.2, -0.15) is 0 Å². The molecule has 0 aromatic heterocycles. The van der Waals surface area contributed by atoms with Gasteiger partial charge in [0.1, 0.15) is 11.6 Å². The van der Waals surface area contributed by atoms with Crippen LogP contribution in [0.3, 0.4) is 0 Å². The quantitative estimate of drug-likeness (QED) is 0.811. The Labute approximate surface area is 106 Å². The Morgan fingerprint density at radius 1 is 1.44 bits per heavy atom. The van der Waals surface area contributed by atoms with Crippen LogP contribution in [0, 0.1) is 11.2 Å². The Bertz CT molecular complexity index is 452. The zero-order valence-corrected chi connectivity index (χ0v) is 10.8. The van der Waals surface area contributed by atoms with Gasteiger partial charge in [-0.3, -0.25) is 0 Å². The average molecular weight is 255 g/mol. The third-order valence-electron chi connectivity index (χ3n) is 2.44. The van der Waals surface area contributed by atoms with Crippen LogP contribution >= 0.6 is 0 Å². The van der Waals surface area contributed by atoms with Crippen LogP contribution in [0.4, 0.5) is 10.1 Å². The maximum atomic E-state index is 13.4. The first kappa shape index (κ1) is 14.3. The Morgan fingerprint density at radius 2 is 2.06 bits per heavy atom. The Morgan fingerprint density at radius 3 is 2.56 bits per heavy atom. The highest BCUT2D eigenvalue weighted by atomic mass is 19.1.